The van der Waals surface area contributed by atoms with Gasteiger partial charge < -0.3 is 19.5 Å². The van der Waals surface area contributed by atoms with Gasteiger partial charge in [-0.25, -0.2) is 4.98 Å². The van der Waals surface area contributed by atoms with Crippen molar-refractivity contribution in [1.29, 1.82) is 0 Å². The van der Waals surface area contributed by atoms with E-state index in [0.29, 0.717) is 19.1 Å². The summed E-state index contributed by atoms with van der Waals surface area (Å²) in [6.45, 7) is 8.25. The first-order chi connectivity index (χ1) is 13.1. The lowest BCUT2D eigenvalue weighted by Gasteiger charge is -2.33. The van der Waals surface area contributed by atoms with E-state index in [-0.39, 0.29) is 11.8 Å². The van der Waals surface area contributed by atoms with Gasteiger partial charge in [-0.05, 0) is 37.3 Å². The summed E-state index contributed by atoms with van der Waals surface area (Å²) < 4.78 is 7.36. The fourth-order valence-electron chi connectivity index (χ4n) is 3.71. The van der Waals surface area contributed by atoms with Gasteiger partial charge in [-0.15, -0.1) is 0 Å². The first-order valence-electron chi connectivity index (χ1n) is 10.1. The molecule has 0 saturated carbocycles. The lowest BCUT2D eigenvalue weighted by atomic mass is 9.97. The monoisotopic (exact) mass is 372 g/mol. The first-order valence-corrected chi connectivity index (χ1v) is 10.1. The zero-order valence-electron chi connectivity index (χ0n) is 16.8. The third-order valence-corrected chi connectivity index (χ3v) is 5.24. The van der Waals surface area contributed by atoms with Gasteiger partial charge in [0.1, 0.15) is 0 Å². The van der Waals surface area contributed by atoms with Crippen LogP contribution in [0.2, 0.25) is 0 Å². The number of imidazole rings is 1. The number of carbonyl (C=O) groups excluding carboxylic acids is 1. The van der Waals surface area contributed by atoms with Crippen molar-refractivity contribution in [2.45, 2.75) is 39.7 Å². The number of ether oxygens (including phenoxy) is 1. The van der Waals surface area contributed by atoms with Crippen LogP contribution in [0.4, 0.5) is 5.95 Å². The van der Waals surface area contributed by atoms with E-state index < -0.39 is 0 Å². The third-order valence-electron chi connectivity index (χ3n) is 5.24. The van der Waals surface area contributed by atoms with E-state index in [9.17, 15) is 4.79 Å². The third kappa shape index (κ3) is 4.80. The van der Waals surface area contributed by atoms with Gasteiger partial charge in [0.05, 0.1) is 23.6 Å². The lowest BCUT2D eigenvalue weighted by molar-refractivity contribution is -0.125. The predicted octanol–water partition coefficient (Wildman–Crippen LogP) is 3.06. The number of anilines is 1. The van der Waals surface area contributed by atoms with Gasteiger partial charge in [-0.3, -0.25) is 4.79 Å². The maximum absolute atomic E-state index is 12.5. The number of hydrogen-bond acceptors (Lipinski definition) is 4. The van der Waals surface area contributed by atoms with Crippen LogP contribution in [0.15, 0.2) is 24.3 Å². The standard InChI is InChI=1S/C21H32N4O2/c1-16(2)10-13-25-19-9-5-4-8-18(19)23-21(25)24-12-6-7-17(15-24)20(26)22-11-14-27-3/h4-5,8-9,16-17H,6-7,10-15H2,1-3H3,(H,22,26). The van der Waals surface area contributed by atoms with Crippen LogP contribution < -0.4 is 10.2 Å². The number of hydrogen-bond donors (Lipinski definition) is 1. The highest BCUT2D eigenvalue weighted by Crippen LogP contribution is 2.27. The molecule has 0 spiro atoms. The number of para-hydroxylation sites is 2. The maximum Gasteiger partial charge on any atom is 0.224 e. The molecule has 1 aromatic carbocycles. The van der Waals surface area contributed by atoms with Gasteiger partial charge in [0.15, 0.2) is 0 Å². The van der Waals surface area contributed by atoms with E-state index in [1.54, 1.807) is 7.11 Å². The minimum atomic E-state index is 0.00830. The van der Waals surface area contributed by atoms with E-state index in [4.69, 9.17) is 9.72 Å². The molecule has 0 radical (unpaired) electrons. The SMILES string of the molecule is COCCNC(=O)C1CCCN(c2nc3ccccc3n2CCC(C)C)C1. The zero-order chi connectivity index (χ0) is 19.2. The van der Waals surface area contributed by atoms with Crippen LogP contribution in [-0.2, 0) is 16.1 Å². The van der Waals surface area contributed by atoms with Crippen LogP contribution in [0, 0.1) is 11.8 Å². The van der Waals surface area contributed by atoms with Crippen molar-refractivity contribution in [3.63, 3.8) is 0 Å². The summed E-state index contributed by atoms with van der Waals surface area (Å²) in [6, 6.07) is 8.32. The van der Waals surface area contributed by atoms with Gasteiger partial charge in [0, 0.05) is 33.3 Å². The Labute approximate surface area is 161 Å². The number of nitrogens with one attached hydrogen (secondary N) is 1. The number of benzene rings is 1. The van der Waals surface area contributed by atoms with Crippen molar-refractivity contribution in [1.82, 2.24) is 14.9 Å². The number of amides is 1. The van der Waals surface area contributed by atoms with Crippen LogP contribution >= 0.6 is 0 Å². The molecule has 1 saturated heterocycles. The first kappa shape index (κ1) is 19.7. The summed E-state index contributed by atoms with van der Waals surface area (Å²) in [5.41, 5.74) is 2.21. The summed E-state index contributed by atoms with van der Waals surface area (Å²) >= 11 is 0. The fourth-order valence-corrected chi connectivity index (χ4v) is 3.71. The zero-order valence-corrected chi connectivity index (χ0v) is 16.8. The summed E-state index contributed by atoms with van der Waals surface area (Å²) in [6.07, 6.45) is 3.05. The molecule has 1 aliphatic heterocycles. The lowest BCUT2D eigenvalue weighted by Crippen LogP contribution is -2.44. The van der Waals surface area contributed by atoms with Crippen LogP contribution in [0.1, 0.15) is 33.1 Å². The molecule has 27 heavy (non-hydrogen) atoms. The number of piperidine rings is 1. The number of aromatic nitrogens is 2. The van der Waals surface area contributed by atoms with Gasteiger partial charge in [-0.2, -0.15) is 0 Å². The van der Waals surface area contributed by atoms with Crippen molar-refractivity contribution >= 4 is 22.9 Å². The Morgan fingerprint density at radius 3 is 2.96 bits per heavy atom. The van der Waals surface area contributed by atoms with Gasteiger partial charge in [0.2, 0.25) is 11.9 Å². The topological polar surface area (TPSA) is 59.4 Å². The Morgan fingerprint density at radius 1 is 1.37 bits per heavy atom. The maximum atomic E-state index is 12.5. The number of carbonyl (C=O) groups is 1. The van der Waals surface area contributed by atoms with Crippen LogP contribution in [-0.4, -0.2) is 48.8 Å². The highest BCUT2D eigenvalue weighted by Gasteiger charge is 2.28. The van der Waals surface area contributed by atoms with E-state index in [0.717, 1.165) is 50.4 Å². The minimum Gasteiger partial charge on any atom is -0.383 e. The largest absolute Gasteiger partial charge is 0.383 e. The van der Waals surface area contributed by atoms with Crippen molar-refractivity contribution in [2.24, 2.45) is 11.8 Å². The second-order valence-electron chi connectivity index (χ2n) is 7.80. The molecule has 1 unspecified atom stereocenters. The van der Waals surface area contributed by atoms with Crippen LogP contribution in [0.25, 0.3) is 11.0 Å². The number of nitrogens with zero attached hydrogens (tertiary/aromatic N) is 3. The Kier molecular flexibility index (Phi) is 6.72. The average Bonchev–Trinajstić information content (AvgIpc) is 3.05. The summed E-state index contributed by atoms with van der Waals surface area (Å²) in [5, 5.41) is 2.99. The molecule has 0 aliphatic carbocycles. The van der Waals surface area contributed by atoms with Gasteiger partial charge >= 0.3 is 0 Å². The molecule has 1 atom stereocenters. The molecule has 2 aromatic rings. The fraction of sp³-hybridized carbons (Fsp3) is 0.619. The van der Waals surface area contributed by atoms with Crippen molar-refractivity contribution in [3.8, 4) is 0 Å². The molecule has 1 fully saturated rings. The van der Waals surface area contributed by atoms with Crippen LogP contribution in [0.3, 0.4) is 0 Å². The van der Waals surface area contributed by atoms with Crippen LogP contribution in [0.5, 0.6) is 0 Å². The molecule has 6 heteroatoms. The number of methoxy groups -OCH3 is 1. The van der Waals surface area contributed by atoms with E-state index >= 15 is 0 Å². The average molecular weight is 373 g/mol. The second kappa shape index (κ2) is 9.22. The van der Waals surface area contributed by atoms with Crippen molar-refractivity contribution in [2.75, 3.05) is 38.3 Å². The molecule has 1 aromatic heterocycles. The Hall–Kier alpha value is -2.08. The van der Waals surface area contributed by atoms with Gasteiger partial charge in [-0.1, -0.05) is 26.0 Å². The molecule has 148 valence electrons. The molecule has 1 N–H and O–H groups in total. The van der Waals surface area contributed by atoms with Crippen molar-refractivity contribution in [3.05, 3.63) is 24.3 Å². The number of rotatable bonds is 8. The smallest absolute Gasteiger partial charge is 0.224 e. The summed E-state index contributed by atoms with van der Waals surface area (Å²) in [7, 11) is 1.65. The van der Waals surface area contributed by atoms with E-state index in [1.165, 1.54) is 5.52 Å². The second-order valence-corrected chi connectivity index (χ2v) is 7.80. The molecule has 2 heterocycles. The summed E-state index contributed by atoms with van der Waals surface area (Å²) in [4.78, 5) is 19.7. The van der Waals surface area contributed by atoms with E-state index in [1.807, 2.05) is 6.07 Å². The molecule has 3 rings (SSSR count). The highest BCUT2D eigenvalue weighted by molar-refractivity contribution is 5.81. The van der Waals surface area contributed by atoms with Gasteiger partial charge in [0.25, 0.3) is 0 Å². The highest BCUT2D eigenvalue weighted by atomic mass is 16.5. The molecular formula is C21H32N4O2. The molecule has 1 amide bonds. The summed E-state index contributed by atoms with van der Waals surface area (Å²) in [5.74, 6) is 1.78. The Balaban J connectivity index is 1.79. The molecule has 0 bridgehead atoms. The quantitative estimate of drug-likeness (QED) is 0.724. The molecular weight excluding hydrogens is 340 g/mol. The predicted molar refractivity (Wildman–Crippen MR) is 109 cm³/mol. The molecule has 6 nitrogen and oxygen atoms in total. The Morgan fingerprint density at radius 2 is 2.19 bits per heavy atom. The van der Waals surface area contributed by atoms with E-state index in [2.05, 4.69) is 46.8 Å². The Bertz CT molecular complexity index is 756. The minimum absolute atomic E-state index is 0.00830. The number of aryl methyl sites for hydroxylation is 1. The molecule has 1 aliphatic rings. The van der Waals surface area contributed by atoms with Crippen molar-refractivity contribution < 1.29 is 9.53 Å². The normalized spacial score (nSPS) is 17.6. The number of fused-ring (bicyclic) bond motifs is 1.